The lowest BCUT2D eigenvalue weighted by Gasteiger charge is -2.40. The van der Waals surface area contributed by atoms with E-state index in [1.165, 1.54) is 18.4 Å². The van der Waals surface area contributed by atoms with Crippen LogP contribution in [0, 0.1) is 17.3 Å². The monoisotopic (exact) mass is 268 g/mol. The summed E-state index contributed by atoms with van der Waals surface area (Å²) in [5.74, 6) is 1.41. The van der Waals surface area contributed by atoms with Gasteiger partial charge in [0.05, 0.1) is 6.20 Å². The normalized spacial score (nSPS) is 29.5. The van der Waals surface area contributed by atoms with Crippen molar-refractivity contribution in [2.45, 2.75) is 51.8 Å². The Morgan fingerprint density at radius 1 is 1.39 bits per heavy atom. The maximum Gasteiger partial charge on any atom is 0.0521 e. The molecule has 0 aromatic carbocycles. The van der Waals surface area contributed by atoms with Crippen LogP contribution in [0.25, 0.3) is 0 Å². The fourth-order valence-corrected chi connectivity index (χ4v) is 3.42. The van der Waals surface area contributed by atoms with Crippen LogP contribution in [0.4, 0.5) is 0 Å². The van der Waals surface area contributed by atoms with Gasteiger partial charge >= 0.3 is 0 Å². The van der Waals surface area contributed by atoms with E-state index in [2.05, 4.69) is 32.1 Å². The third kappa shape index (κ3) is 3.28. The van der Waals surface area contributed by atoms with E-state index in [1.54, 1.807) is 0 Å². The molecule has 1 heterocycles. The Kier molecular flexibility index (Phi) is 4.05. The van der Waals surface area contributed by atoms with Gasteiger partial charge in [-0.2, -0.15) is 5.10 Å². The average Bonchev–Trinajstić information content (AvgIpc) is 2.66. The first kappa shape index (κ1) is 13.9. The summed E-state index contributed by atoms with van der Waals surface area (Å²) in [7, 11) is 1.97. The highest BCUT2D eigenvalue weighted by Gasteiger charge is 2.35. The minimum atomic E-state index is 0.337. The minimum absolute atomic E-state index is 0.337. The summed E-state index contributed by atoms with van der Waals surface area (Å²) in [6, 6.07) is 0. The van der Waals surface area contributed by atoms with Gasteiger partial charge in [0.2, 0.25) is 0 Å². The predicted molar refractivity (Wildman–Crippen MR) is 76.8 cm³/mol. The number of halogens is 1. The lowest BCUT2D eigenvalue weighted by molar-refractivity contribution is 0.144. The zero-order valence-electron chi connectivity index (χ0n) is 12.0. The zero-order valence-corrected chi connectivity index (χ0v) is 12.7. The highest BCUT2D eigenvalue weighted by atomic mass is 35.5. The SMILES string of the molecule is Cn1cc(CC2CC(C(C)(C)C)CCC2Cl)cn1. The van der Waals surface area contributed by atoms with E-state index in [0.29, 0.717) is 16.7 Å². The van der Waals surface area contributed by atoms with Crippen molar-refractivity contribution in [2.75, 3.05) is 0 Å². The predicted octanol–water partition coefficient (Wildman–Crippen LogP) is 4.03. The quantitative estimate of drug-likeness (QED) is 0.741. The van der Waals surface area contributed by atoms with E-state index in [1.807, 2.05) is 17.9 Å². The van der Waals surface area contributed by atoms with Crippen LogP contribution in [0.5, 0.6) is 0 Å². The molecule has 1 aromatic heterocycles. The van der Waals surface area contributed by atoms with Crippen LogP contribution in [-0.2, 0) is 13.5 Å². The van der Waals surface area contributed by atoms with Crippen molar-refractivity contribution < 1.29 is 0 Å². The summed E-state index contributed by atoms with van der Waals surface area (Å²) in [5, 5.41) is 4.59. The number of aromatic nitrogens is 2. The van der Waals surface area contributed by atoms with Gasteiger partial charge in [-0.25, -0.2) is 0 Å². The molecule has 3 heteroatoms. The van der Waals surface area contributed by atoms with Crippen molar-refractivity contribution in [3.8, 4) is 0 Å². The molecule has 3 unspecified atom stereocenters. The van der Waals surface area contributed by atoms with Gasteiger partial charge in [0, 0.05) is 18.6 Å². The molecule has 0 N–H and O–H groups in total. The van der Waals surface area contributed by atoms with Crippen molar-refractivity contribution in [3.63, 3.8) is 0 Å². The molecule has 0 saturated heterocycles. The summed E-state index contributed by atoms with van der Waals surface area (Å²) in [4.78, 5) is 0. The van der Waals surface area contributed by atoms with Crippen LogP contribution >= 0.6 is 11.6 Å². The van der Waals surface area contributed by atoms with Crippen molar-refractivity contribution in [1.82, 2.24) is 9.78 Å². The fraction of sp³-hybridized carbons (Fsp3) is 0.800. The Morgan fingerprint density at radius 2 is 2.11 bits per heavy atom. The van der Waals surface area contributed by atoms with Crippen molar-refractivity contribution in [3.05, 3.63) is 18.0 Å². The lowest BCUT2D eigenvalue weighted by atomic mass is 9.68. The summed E-state index contributed by atoms with van der Waals surface area (Å²) in [6.45, 7) is 7.06. The molecule has 2 nitrogen and oxygen atoms in total. The molecule has 2 rings (SSSR count). The molecule has 3 atom stereocenters. The second-order valence-corrected chi connectivity index (χ2v) is 7.44. The van der Waals surface area contributed by atoms with E-state index < -0.39 is 0 Å². The molecular weight excluding hydrogens is 244 g/mol. The Hall–Kier alpha value is -0.500. The number of alkyl halides is 1. The molecule has 0 amide bonds. The van der Waals surface area contributed by atoms with Crippen molar-refractivity contribution >= 4 is 11.6 Å². The number of hydrogen-bond acceptors (Lipinski definition) is 1. The maximum absolute atomic E-state index is 6.53. The molecular formula is C15H25ClN2. The molecule has 1 fully saturated rings. The zero-order chi connectivity index (χ0) is 13.3. The molecule has 1 aliphatic carbocycles. The second-order valence-electron chi connectivity index (χ2n) is 6.88. The molecule has 1 aliphatic rings. The Balaban J connectivity index is 2.02. The smallest absolute Gasteiger partial charge is 0.0521 e. The molecule has 102 valence electrons. The van der Waals surface area contributed by atoms with Crippen LogP contribution in [0.15, 0.2) is 12.4 Å². The fourth-order valence-electron chi connectivity index (χ4n) is 3.10. The van der Waals surface area contributed by atoms with E-state index in [0.717, 1.165) is 18.8 Å². The van der Waals surface area contributed by atoms with Gasteiger partial charge in [0.15, 0.2) is 0 Å². The average molecular weight is 269 g/mol. The van der Waals surface area contributed by atoms with Crippen LogP contribution in [0.3, 0.4) is 0 Å². The van der Waals surface area contributed by atoms with Crippen molar-refractivity contribution in [2.24, 2.45) is 24.3 Å². The van der Waals surface area contributed by atoms with E-state index in [9.17, 15) is 0 Å². The van der Waals surface area contributed by atoms with Gasteiger partial charge in [-0.05, 0) is 48.5 Å². The number of rotatable bonds is 2. The molecule has 0 spiro atoms. The Bertz CT molecular complexity index is 391. The van der Waals surface area contributed by atoms with Crippen LogP contribution < -0.4 is 0 Å². The molecule has 1 aromatic rings. The van der Waals surface area contributed by atoms with E-state index in [4.69, 9.17) is 11.6 Å². The Labute approximate surface area is 116 Å². The maximum atomic E-state index is 6.53. The third-order valence-electron chi connectivity index (χ3n) is 4.37. The molecule has 18 heavy (non-hydrogen) atoms. The number of nitrogens with zero attached hydrogens (tertiary/aromatic N) is 2. The van der Waals surface area contributed by atoms with Crippen LogP contribution in [-0.4, -0.2) is 15.2 Å². The van der Waals surface area contributed by atoms with Gasteiger partial charge in [-0.15, -0.1) is 11.6 Å². The first-order chi connectivity index (χ1) is 8.36. The molecule has 0 aliphatic heterocycles. The van der Waals surface area contributed by atoms with Gasteiger partial charge in [-0.3, -0.25) is 4.68 Å². The standard InChI is InChI=1S/C15H25ClN2/c1-15(2,3)13-5-6-14(16)12(8-13)7-11-9-17-18(4)10-11/h9-10,12-14H,5-8H2,1-4H3. The summed E-state index contributed by atoms with van der Waals surface area (Å²) < 4.78 is 1.88. The Morgan fingerprint density at radius 3 is 2.67 bits per heavy atom. The van der Waals surface area contributed by atoms with Gasteiger partial charge < -0.3 is 0 Å². The largest absolute Gasteiger partial charge is 0.276 e. The first-order valence-corrected chi connectivity index (χ1v) is 7.41. The third-order valence-corrected chi connectivity index (χ3v) is 4.95. The van der Waals surface area contributed by atoms with Crippen molar-refractivity contribution in [1.29, 1.82) is 0 Å². The first-order valence-electron chi connectivity index (χ1n) is 6.98. The summed E-state index contributed by atoms with van der Waals surface area (Å²) in [6.07, 6.45) is 8.87. The van der Waals surface area contributed by atoms with Gasteiger partial charge in [-0.1, -0.05) is 20.8 Å². The molecule has 0 radical (unpaired) electrons. The van der Waals surface area contributed by atoms with Crippen LogP contribution in [0.1, 0.15) is 45.6 Å². The molecule has 0 bridgehead atoms. The van der Waals surface area contributed by atoms with Crippen LogP contribution in [0.2, 0.25) is 0 Å². The topological polar surface area (TPSA) is 17.8 Å². The summed E-state index contributed by atoms with van der Waals surface area (Å²) in [5.41, 5.74) is 1.73. The van der Waals surface area contributed by atoms with Gasteiger partial charge in [0.1, 0.15) is 0 Å². The second kappa shape index (κ2) is 5.24. The van der Waals surface area contributed by atoms with Gasteiger partial charge in [0.25, 0.3) is 0 Å². The minimum Gasteiger partial charge on any atom is -0.276 e. The molecule has 1 saturated carbocycles. The number of hydrogen-bond donors (Lipinski definition) is 0. The lowest BCUT2D eigenvalue weighted by Crippen LogP contribution is -2.33. The highest BCUT2D eigenvalue weighted by molar-refractivity contribution is 6.20. The van der Waals surface area contributed by atoms with E-state index in [-0.39, 0.29) is 0 Å². The number of aryl methyl sites for hydroxylation is 1. The van der Waals surface area contributed by atoms with E-state index >= 15 is 0 Å². The highest BCUT2D eigenvalue weighted by Crippen LogP contribution is 2.42. The summed E-state index contributed by atoms with van der Waals surface area (Å²) >= 11 is 6.53.